The van der Waals surface area contributed by atoms with Gasteiger partial charge in [0.15, 0.2) is 12.6 Å². The van der Waals surface area contributed by atoms with Crippen molar-refractivity contribution in [2.24, 2.45) is 0 Å². The Morgan fingerprint density at radius 3 is 1.05 bits per heavy atom. The van der Waals surface area contributed by atoms with Gasteiger partial charge < -0.3 is 50.4 Å². The molecule has 0 aliphatic carbocycles. The molecule has 6 unspecified atom stereocenters. The summed E-state index contributed by atoms with van der Waals surface area (Å²) in [7, 11) is 0. The third-order valence-electron chi connectivity index (χ3n) is 2.14. The molecule has 0 aromatic heterocycles. The Hall–Kier alpha value is -0.980. The predicted octanol–water partition coefficient (Wildman–Crippen LogP) is -5.48. The van der Waals surface area contributed by atoms with Gasteiger partial charge in [0, 0.05) is 0 Å². The minimum atomic E-state index is -1.64. The molecule has 0 saturated heterocycles. The van der Waals surface area contributed by atoms with Crippen molar-refractivity contribution in [1.29, 1.82) is 0 Å². The van der Waals surface area contributed by atoms with E-state index in [2.05, 4.69) is 0 Å². The Morgan fingerprint density at radius 2 is 0.900 bits per heavy atom. The molecule has 0 heterocycles. The minimum absolute atomic E-state index is 0.0869. The minimum Gasteiger partial charge on any atom is -0.394 e. The first-order chi connectivity index (χ1) is 9.26. The smallest absolute Gasteiger partial charge is 0.151 e. The van der Waals surface area contributed by atoms with Gasteiger partial charge >= 0.3 is 0 Å². The molecule has 0 rings (SSSR count). The van der Waals surface area contributed by atoms with E-state index in [1.807, 2.05) is 0 Å². The van der Waals surface area contributed by atoms with E-state index in [0.717, 1.165) is 0 Å². The second kappa shape index (κ2) is 11.8. The van der Waals surface area contributed by atoms with Crippen LogP contribution >= 0.6 is 0 Å². The standard InChI is InChI=1S/2C5H10O5/c2*6-1-3(8)5(10)4(9)2-7/h2*1,3-5,7-10H,2H2. The first-order valence-electron chi connectivity index (χ1n) is 5.47. The van der Waals surface area contributed by atoms with Gasteiger partial charge in [-0.2, -0.15) is 0 Å². The molecule has 6 atom stereocenters. The zero-order valence-corrected chi connectivity index (χ0v) is 10.4. The van der Waals surface area contributed by atoms with Gasteiger partial charge in [-0.3, -0.25) is 0 Å². The van der Waals surface area contributed by atoms with Crippen molar-refractivity contribution in [3.05, 3.63) is 0 Å². The van der Waals surface area contributed by atoms with Gasteiger partial charge in [-0.25, -0.2) is 0 Å². The molecule has 10 heteroatoms. The van der Waals surface area contributed by atoms with Gasteiger partial charge in [-0.05, 0) is 0 Å². The van der Waals surface area contributed by atoms with Gasteiger partial charge in [-0.1, -0.05) is 0 Å². The Labute approximate surface area is 114 Å². The fraction of sp³-hybridized carbons (Fsp3) is 0.800. The number of carbonyl (C=O) groups excluding carboxylic acids is 2. The van der Waals surface area contributed by atoms with E-state index >= 15 is 0 Å². The van der Waals surface area contributed by atoms with E-state index in [0.29, 0.717) is 0 Å². The lowest BCUT2D eigenvalue weighted by Crippen LogP contribution is -2.40. The number of aliphatic hydroxyl groups excluding tert-OH is 8. The Morgan fingerprint density at radius 1 is 0.650 bits per heavy atom. The van der Waals surface area contributed by atoms with Gasteiger partial charge in [0.1, 0.15) is 36.6 Å². The number of aldehydes is 2. The molecule has 0 aliphatic heterocycles. The van der Waals surface area contributed by atoms with Crippen LogP contribution in [0.3, 0.4) is 0 Å². The van der Waals surface area contributed by atoms with E-state index in [-0.39, 0.29) is 12.6 Å². The largest absolute Gasteiger partial charge is 0.394 e. The fourth-order valence-corrected chi connectivity index (χ4v) is 0.832. The highest BCUT2D eigenvalue weighted by molar-refractivity contribution is 5.57. The first kappa shape index (κ1) is 21.3. The molecule has 20 heavy (non-hydrogen) atoms. The molecule has 0 amide bonds. The summed E-state index contributed by atoms with van der Waals surface area (Å²) in [5, 5.41) is 68.1. The summed E-state index contributed by atoms with van der Waals surface area (Å²) in [5.74, 6) is 0. The quantitative estimate of drug-likeness (QED) is 0.200. The van der Waals surface area contributed by atoms with Crippen molar-refractivity contribution in [1.82, 2.24) is 0 Å². The van der Waals surface area contributed by atoms with Crippen molar-refractivity contribution in [3.8, 4) is 0 Å². The van der Waals surface area contributed by atoms with E-state index in [1.165, 1.54) is 0 Å². The number of hydrogen-bond donors (Lipinski definition) is 8. The molecule has 10 nitrogen and oxygen atoms in total. The number of aliphatic hydroxyl groups is 8. The summed E-state index contributed by atoms with van der Waals surface area (Å²) >= 11 is 0. The highest BCUT2D eigenvalue weighted by Crippen LogP contribution is 1.97. The van der Waals surface area contributed by atoms with E-state index in [9.17, 15) is 9.59 Å². The summed E-state index contributed by atoms with van der Waals surface area (Å²) in [6.45, 7) is -1.38. The van der Waals surface area contributed by atoms with E-state index in [4.69, 9.17) is 40.9 Å². The topological polar surface area (TPSA) is 196 Å². The van der Waals surface area contributed by atoms with Crippen molar-refractivity contribution in [3.63, 3.8) is 0 Å². The maximum Gasteiger partial charge on any atom is 0.151 e. The molecule has 0 fully saturated rings. The second-order valence-electron chi connectivity index (χ2n) is 3.73. The maximum absolute atomic E-state index is 9.76. The van der Waals surface area contributed by atoms with Crippen LogP contribution in [0.2, 0.25) is 0 Å². The Bertz CT molecular complexity index is 234. The van der Waals surface area contributed by atoms with Crippen LogP contribution in [-0.2, 0) is 9.59 Å². The molecular formula is C10H20O10. The van der Waals surface area contributed by atoms with E-state index < -0.39 is 49.8 Å². The number of hydrogen-bond acceptors (Lipinski definition) is 10. The second-order valence-corrected chi connectivity index (χ2v) is 3.73. The van der Waals surface area contributed by atoms with Crippen LogP contribution in [0.25, 0.3) is 0 Å². The molecule has 0 bridgehead atoms. The van der Waals surface area contributed by atoms with Crippen molar-refractivity contribution in [2.45, 2.75) is 36.6 Å². The SMILES string of the molecule is O=CC(O)C(O)C(O)CO.O=CC(O)C(O)C(O)CO. The molecule has 0 aliphatic rings. The normalized spacial score (nSPS) is 19.6. The maximum atomic E-state index is 9.76. The molecule has 0 radical (unpaired) electrons. The van der Waals surface area contributed by atoms with Crippen LogP contribution in [0.15, 0.2) is 0 Å². The van der Waals surface area contributed by atoms with Gasteiger partial charge in [-0.15, -0.1) is 0 Å². The number of rotatable bonds is 8. The van der Waals surface area contributed by atoms with Crippen LogP contribution < -0.4 is 0 Å². The van der Waals surface area contributed by atoms with Crippen LogP contribution in [0.4, 0.5) is 0 Å². The van der Waals surface area contributed by atoms with Crippen LogP contribution in [-0.4, -0.2) is 103 Å². The van der Waals surface area contributed by atoms with Crippen LogP contribution in [0.1, 0.15) is 0 Å². The summed E-state index contributed by atoms with van der Waals surface area (Å²) in [6, 6.07) is 0. The Balaban J connectivity index is 0. The third kappa shape index (κ3) is 8.24. The molecule has 0 saturated carbocycles. The zero-order chi connectivity index (χ0) is 16.3. The highest BCUT2D eigenvalue weighted by atomic mass is 16.4. The average Bonchev–Trinajstić information content (AvgIpc) is 2.50. The highest BCUT2D eigenvalue weighted by Gasteiger charge is 2.23. The summed E-state index contributed by atoms with van der Waals surface area (Å²) in [6.07, 6.45) is -9.26. The van der Waals surface area contributed by atoms with Gasteiger partial charge in [0.2, 0.25) is 0 Å². The van der Waals surface area contributed by atoms with Gasteiger partial charge in [0.05, 0.1) is 13.2 Å². The number of carbonyl (C=O) groups is 2. The summed E-state index contributed by atoms with van der Waals surface area (Å²) < 4.78 is 0. The lowest BCUT2D eigenvalue weighted by Gasteiger charge is -2.16. The third-order valence-corrected chi connectivity index (χ3v) is 2.14. The molecule has 0 aromatic carbocycles. The predicted molar refractivity (Wildman–Crippen MR) is 62.3 cm³/mol. The average molecular weight is 300 g/mol. The summed E-state index contributed by atoms with van der Waals surface area (Å²) in [4.78, 5) is 19.5. The van der Waals surface area contributed by atoms with Gasteiger partial charge in [0.25, 0.3) is 0 Å². The fourth-order valence-electron chi connectivity index (χ4n) is 0.832. The molecule has 8 N–H and O–H groups in total. The van der Waals surface area contributed by atoms with Crippen molar-refractivity contribution >= 4 is 12.6 Å². The zero-order valence-electron chi connectivity index (χ0n) is 10.4. The lowest BCUT2D eigenvalue weighted by molar-refractivity contribution is -0.128. The van der Waals surface area contributed by atoms with Crippen LogP contribution in [0, 0.1) is 0 Å². The molecule has 120 valence electrons. The molecule has 0 aromatic rings. The molecular weight excluding hydrogens is 280 g/mol. The lowest BCUT2D eigenvalue weighted by atomic mass is 10.1. The molecule has 0 spiro atoms. The Kier molecular flexibility index (Phi) is 12.6. The summed E-state index contributed by atoms with van der Waals surface area (Å²) in [5.41, 5.74) is 0. The van der Waals surface area contributed by atoms with Crippen molar-refractivity contribution < 1.29 is 50.4 Å². The van der Waals surface area contributed by atoms with E-state index in [1.54, 1.807) is 0 Å². The van der Waals surface area contributed by atoms with Crippen molar-refractivity contribution in [2.75, 3.05) is 13.2 Å². The monoisotopic (exact) mass is 300 g/mol. The van der Waals surface area contributed by atoms with Crippen LogP contribution in [0.5, 0.6) is 0 Å². The first-order valence-corrected chi connectivity index (χ1v) is 5.47.